The van der Waals surface area contributed by atoms with Crippen LogP contribution in [0.1, 0.15) is 25.2 Å². The van der Waals surface area contributed by atoms with Gasteiger partial charge in [-0.1, -0.05) is 6.07 Å². The average molecular weight is 305 g/mol. The van der Waals surface area contributed by atoms with Crippen LogP contribution in [-0.4, -0.2) is 21.3 Å². The van der Waals surface area contributed by atoms with E-state index in [2.05, 4.69) is 11.1 Å². The van der Waals surface area contributed by atoms with Gasteiger partial charge in [0, 0.05) is 18.8 Å². The van der Waals surface area contributed by atoms with E-state index in [-0.39, 0.29) is 5.91 Å². The number of alkyl halides is 1. The number of benzene rings is 1. The maximum atomic E-state index is 11.6. The number of halogens is 1. The van der Waals surface area contributed by atoms with Crippen molar-refractivity contribution in [3.05, 3.63) is 29.6 Å². The summed E-state index contributed by atoms with van der Waals surface area (Å²) in [4.78, 5) is 16.1. The number of aromatic nitrogens is 2. The summed E-state index contributed by atoms with van der Waals surface area (Å²) in [7, 11) is 0. The van der Waals surface area contributed by atoms with Crippen LogP contribution in [-0.2, 0) is 17.8 Å². The lowest BCUT2D eigenvalue weighted by molar-refractivity contribution is -0.126. The van der Waals surface area contributed by atoms with Crippen molar-refractivity contribution in [2.24, 2.45) is 11.1 Å². The van der Waals surface area contributed by atoms with Crippen molar-refractivity contribution >= 4 is 28.5 Å². The zero-order valence-corrected chi connectivity index (χ0v) is 12.8. The number of aryl methyl sites for hydroxylation is 1. The van der Waals surface area contributed by atoms with E-state index >= 15 is 0 Å². The van der Waals surface area contributed by atoms with E-state index in [1.807, 2.05) is 10.6 Å². The fraction of sp³-hybridized carbons (Fsp3) is 0.400. The quantitative estimate of drug-likeness (QED) is 0.859. The summed E-state index contributed by atoms with van der Waals surface area (Å²) in [6.45, 7) is 3.99. The number of para-hydroxylation sites is 1. The van der Waals surface area contributed by atoms with Gasteiger partial charge in [-0.3, -0.25) is 4.79 Å². The molecule has 0 bridgehead atoms. The molecule has 0 atom stereocenters. The Bertz CT molecular complexity index is 727. The lowest BCUT2D eigenvalue weighted by Gasteiger charge is -2.22. The summed E-state index contributed by atoms with van der Waals surface area (Å²) < 4.78 is 1.93. The summed E-state index contributed by atoms with van der Waals surface area (Å²) >= 11 is 5.83. The summed E-state index contributed by atoms with van der Waals surface area (Å²) in [6.07, 6.45) is 0.565. The van der Waals surface area contributed by atoms with Gasteiger partial charge in [0.25, 0.3) is 0 Å². The number of rotatable bonds is 5. The number of nitrogens with two attached hydrogens (primary N) is 1. The van der Waals surface area contributed by atoms with Gasteiger partial charge < -0.3 is 10.3 Å². The molecule has 0 saturated carbocycles. The van der Waals surface area contributed by atoms with Crippen molar-refractivity contribution in [2.75, 3.05) is 5.88 Å². The molecule has 1 amide bonds. The van der Waals surface area contributed by atoms with E-state index in [0.717, 1.165) is 11.3 Å². The molecule has 0 fully saturated rings. The third-order valence-electron chi connectivity index (χ3n) is 3.52. The molecule has 2 aromatic rings. The molecule has 0 unspecified atom stereocenters. The van der Waals surface area contributed by atoms with Gasteiger partial charge in [0.15, 0.2) is 0 Å². The van der Waals surface area contributed by atoms with Crippen LogP contribution in [0.25, 0.3) is 11.0 Å². The molecule has 0 aliphatic heterocycles. The van der Waals surface area contributed by atoms with E-state index in [0.29, 0.717) is 29.9 Å². The van der Waals surface area contributed by atoms with Crippen LogP contribution >= 0.6 is 11.6 Å². The largest absolute Gasteiger partial charge is 0.369 e. The monoisotopic (exact) mass is 304 g/mol. The van der Waals surface area contributed by atoms with Crippen LogP contribution in [0.4, 0.5) is 0 Å². The molecule has 0 aliphatic carbocycles. The maximum Gasteiger partial charge on any atom is 0.224 e. The van der Waals surface area contributed by atoms with Crippen LogP contribution in [0, 0.1) is 16.7 Å². The first kappa shape index (κ1) is 15.3. The molecule has 1 heterocycles. The highest BCUT2D eigenvalue weighted by atomic mass is 35.5. The van der Waals surface area contributed by atoms with Gasteiger partial charge in [-0.05, 0) is 26.0 Å². The van der Waals surface area contributed by atoms with Gasteiger partial charge in [0.1, 0.15) is 17.4 Å². The molecule has 0 saturated heterocycles. The summed E-state index contributed by atoms with van der Waals surface area (Å²) in [6, 6.07) is 7.56. The van der Waals surface area contributed by atoms with E-state index in [1.54, 1.807) is 26.0 Å². The lowest BCUT2D eigenvalue weighted by atomic mass is 9.92. The smallest absolute Gasteiger partial charge is 0.224 e. The molecule has 6 heteroatoms. The first-order valence-electron chi connectivity index (χ1n) is 6.65. The highest BCUT2D eigenvalue weighted by molar-refractivity contribution is 6.17. The van der Waals surface area contributed by atoms with E-state index in [9.17, 15) is 10.1 Å². The summed E-state index contributed by atoms with van der Waals surface area (Å²) in [5.41, 5.74) is 6.72. The van der Waals surface area contributed by atoms with Gasteiger partial charge in [0.2, 0.25) is 5.91 Å². The normalized spacial score (nSPS) is 11.5. The molecule has 1 aromatic heterocycles. The van der Waals surface area contributed by atoms with Crippen molar-refractivity contribution in [2.45, 2.75) is 26.8 Å². The summed E-state index contributed by atoms with van der Waals surface area (Å²) in [5, 5.41) is 9.19. The number of fused-ring (bicyclic) bond motifs is 1. The second kappa shape index (κ2) is 5.74. The van der Waals surface area contributed by atoms with Crippen LogP contribution in [0.5, 0.6) is 0 Å². The summed E-state index contributed by atoms with van der Waals surface area (Å²) in [5.74, 6) is 0.803. The number of carbonyl (C=O) groups is 1. The van der Waals surface area contributed by atoms with Crippen molar-refractivity contribution in [3.8, 4) is 6.07 Å². The fourth-order valence-corrected chi connectivity index (χ4v) is 2.38. The van der Waals surface area contributed by atoms with E-state index in [4.69, 9.17) is 17.3 Å². The number of amides is 1. The standard InChI is InChI=1S/C15H17ClN4O/c1-15(2,14(18)21)9-20-11-5-3-4-10(8-17)13(11)19-12(20)6-7-16/h3-5H,6-7,9H2,1-2H3,(H2,18,21). The predicted octanol–water partition coefficient (Wildman–Crippen LogP) is 2.20. The van der Waals surface area contributed by atoms with E-state index < -0.39 is 5.41 Å². The third-order valence-corrected chi connectivity index (χ3v) is 3.71. The Morgan fingerprint density at radius 3 is 2.81 bits per heavy atom. The first-order chi connectivity index (χ1) is 9.90. The second-order valence-electron chi connectivity index (χ2n) is 5.59. The molecule has 0 aliphatic rings. The predicted molar refractivity (Wildman–Crippen MR) is 81.8 cm³/mol. The number of hydrogen-bond acceptors (Lipinski definition) is 3. The molecule has 2 rings (SSSR count). The zero-order valence-electron chi connectivity index (χ0n) is 12.1. The van der Waals surface area contributed by atoms with Crippen LogP contribution in [0.2, 0.25) is 0 Å². The minimum atomic E-state index is -0.711. The Kier molecular flexibility index (Phi) is 4.19. The molecule has 1 aromatic carbocycles. The van der Waals surface area contributed by atoms with E-state index in [1.165, 1.54) is 0 Å². The fourth-order valence-electron chi connectivity index (χ4n) is 2.21. The molecular weight excluding hydrogens is 288 g/mol. The topological polar surface area (TPSA) is 84.7 Å². The Morgan fingerprint density at radius 2 is 2.24 bits per heavy atom. The number of carbonyl (C=O) groups excluding carboxylic acids is 1. The van der Waals surface area contributed by atoms with Crippen molar-refractivity contribution in [3.63, 3.8) is 0 Å². The third kappa shape index (κ3) is 2.86. The molecule has 5 nitrogen and oxygen atoms in total. The highest BCUT2D eigenvalue weighted by Crippen LogP contribution is 2.25. The number of hydrogen-bond donors (Lipinski definition) is 1. The first-order valence-corrected chi connectivity index (χ1v) is 7.18. The van der Waals surface area contributed by atoms with Crippen LogP contribution < -0.4 is 5.73 Å². The van der Waals surface area contributed by atoms with Crippen molar-refractivity contribution in [1.29, 1.82) is 5.26 Å². The number of primary amides is 1. The van der Waals surface area contributed by atoms with Gasteiger partial charge >= 0.3 is 0 Å². The lowest BCUT2D eigenvalue weighted by Crippen LogP contribution is -2.35. The van der Waals surface area contributed by atoms with Gasteiger partial charge in [-0.25, -0.2) is 4.98 Å². The van der Waals surface area contributed by atoms with Gasteiger partial charge in [-0.15, -0.1) is 11.6 Å². The minimum absolute atomic E-state index is 0.377. The molecular formula is C15H17ClN4O. The Morgan fingerprint density at radius 1 is 1.52 bits per heavy atom. The van der Waals surface area contributed by atoms with Crippen LogP contribution in [0.15, 0.2) is 18.2 Å². The molecule has 110 valence electrons. The number of imidazole rings is 1. The van der Waals surface area contributed by atoms with Gasteiger partial charge in [0.05, 0.1) is 16.5 Å². The van der Waals surface area contributed by atoms with Crippen molar-refractivity contribution in [1.82, 2.24) is 9.55 Å². The molecule has 0 spiro atoms. The SMILES string of the molecule is CC(C)(Cn1c(CCCl)nc2c(C#N)cccc21)C(N)=O. The second-order valence-corrected chi connectivity index (χ2v) is 5.96. The molecule has 2 N–H and O–H groups in total. The van der Waals surface area contributed by atoms with Gasteiger partial charge in [-0.2, -0.15) is 5.26 Å². The molecule has 0 radical (unpaired) electrons. The minimum Gasteiger partial charge on any atom is -0.369 e. The highest BCUT2D eigenvalue weighted by Gasteiger charge is 2.27. The number of nitrogens with zero attached hydrogens (tertiary/aromatic N) is 3. The zero-order chi connectivity index (χ0) is 15.6. The Labute approximate surface area is 128 Å². The maximum absolute atomic E-state index is 11.6. The Hall–Kier alpha value is -2.06. The van der Waals surface area contributed by atoms with Crippen LogP contribution in [0.3, 0.4) is 0 Å². The average Bonchev–Trinajstić information content (AvgIpc) is 2.76. The Balaban J connectivity index is 2.63. The molecule has 21 heavy (non-hydrogen) atoms. The van der Waals surface area contributed by atoms with Crippen molar-refractivity contribution < 1.29 is 4.79 Å². The number of nitriles is 1.